The second-order valence-corrected chi connectivity index (χ2v) is 5.87. The van der Waals surface area contributed by atoms with E-state index in [1.807, 2.05) is 0 Å². The van der Waals surface area contributed by atoms with Crippen molar-refractivity contribution in [2.75, 3.05) is 0 Å². The summed E-state index contributed by atoms with van der Waals surface area (Å²) in [5.74, 6) is 0.454. The van der Waals surface area contributed by atoms with Gasteiger partial charge in [-0.3, -0.25) is 0 Å². The summed E-state index contributed by atoms with van der Waals surface area (Å²) in [6.07, 6.45) is 4.58. The normalized spacial score (nSPS) is 15.7. The molecule has 0 unspecified atom stereocenters. The maximum absolute atomic E-state index is 12.4. The zero-order valence-corrected chi connectivity index (χ0v) is 15.8. The van der Waals surface area contributed by atoms with Crippen molar-refractivity contribution >= 4 is 45.9 Å². The maximum Gasteiger partial charge on any atom is 0.387 e. The molecule has 22 heavy (non-hydrogen) atoms. The summed E-state index contributed by atoms with van der Waals surface area (Å²) in [5, 5.41) is 3.15. The first-order chi connectivity index (χ1) is 10.0. The third-order valence-electron chi connectivity index (χ3n) is 3.37. The van der Waals surface area contributed by atoms with Gasteiger partial charge in [-0.05, 0) is 31.0 Å². The molecule has 1 saturated carbocycles. The minimum atomic E-state index is -2.86. The molecular formula is C14H19BrF2IN3O. The van der Waals surface area contributed by atoms with Gasteiger partial charge in [0.2, 0.25) is 0 Å². The topological polar surface area (TPSA) is 59.6 Å². The Morgan fingerprint density at radius 3 is 2.73 bits per heavy atom. The first kappa shape index (κ1) is 19.4. The lowest BCUT2D eigenvalue weighted by atomic mass is 10.2. The zero-order chi connectivity index (χ0) is 15.2. The van der Waals surface area contributed by atoms with Gasteiger partial charge >= 0.3 is 6.61 Å². The minimum absolute atomic E-state index is 0. The highest BCUT2D eigenvalue weighted by molar-refractivity contribution is 14.0. The summed E-state index contributed by atoms with van der Waals surface area (Å²) in [6, 6.07) is 5.20. The van der Waals surface area contributed by atoms with Crippen molar-refractivity contribution in [1.82, 2.24) is 5.32 Å². The molecule has 1 aromatic rings. The SMILES string of the molecule is I.NC(=NCc1cc(Br)ccc1OC(F)F)NC1CCCC1. The molecule has 0 saturated heterocycles. The van der Waals surface area contributed by atoms with E-state index in [1.54, 1.807) is 12.1 Å². The molecular weight excluding hydrogens is 471 g/mol. The van der Waals surface area contributed by atoms with Crippen LogP contribution >= 0.6 is 39.9 Å². The molecule has 4 nitrogen and oxygen atoms in total. The van der Waals surface area contributed by atoms with Gasteiger partial charge in [0.1, 0.15) is 5.75 Å². The van der Waals surface area contributed by atoms with Crippen LogP contribution in [0.15, 0.2) is 27.7 Å². The Morgan fingerprint density at radius 1 is 1.41 bits per heavy atom. The third kappa shape index (κ3) is 6.23. The van der Waals surface area contributed by atoms with E-state index in [9.17, 15) is 8.78 Å². The molecule has 0 aliphatic heterocycles. The molecule has 8 heteroatoms. The number of alkyl halides is 2. The molecule has 124 valence electrons. The molecule has 1 fully saturated rings. The molecule has 1 aliphatic rings. The van der Waals surface area contributed by atoms with Crippen LogP contribution < -0.4 is 15.8 Å². The van der Waals surface area contributed by atoms with E-state index in [4.69, 9.17) is 5.73 Å². The number of hydrogen-bond donors (Lipinski definition) is 2. The Morgan fingerprint density at radius 2 is 2.09 bits per heavy atom. The van der Waals surface area contributed by atoms with Crippen molar-refractivity contribution in [3.63, 3.8) is 0 Å². The number of nitrogens with zero attached hydrogens (tertiary/aromatic N) is 1. The van der Waals surface area contributed by atoms with E-state index in [0.717, 1.165) is 17.3 Å². The first-order valence-corrected chi connectivity index (χ1v) is 7.63. The van der Waals surface area contributed by atoms with Crippen LogP contribution in [0.4, 0.5) is 8.78 Å². The van der Waals surface area contributed by atoms with Crippen LogP contribution in [0.3, 0.4) is 0 Å². The predicted molar refractivity (Wildman–Crippen MR) is 96.9 cm³/mol. The van der Waals surface area contributed by atoms with E-state index in [1.165, 1.54) is 18.9 Å². The van der Waals surface area contributed by atoms with Crippen LogP contribution in [0.5, 0.6) is 5.75 Å². The van der Waals surface area contributed by atoms with Crippen molar-refractivity contribution in [1.29, 1.82) is 0 Å². The molecule has 0 radical (unpaired) electrons. The fourth-order valence-electron chi connectivity index (χ4n) is 2.38. The highest BCUT2D eigenvalue weighted by atomic mass is 127. The molecule has 0 amide bonds. The van der Waals surface area contributed by atoms with Crippen LogP contribution in [-0.4, -0.2) is 18.6 Å². The Bertz CT molecular complexity index is 511. The van der Waals surface area contributed by atoms with Gasteiger partial charge in [-0.2, -0.15) is 8.78 Å². The van der Waals surface area contributed by atoms with Crippen molar-refractivity contribution in [3.05, 3.63) is 28.2 Å². The quantitative estimate of drug-likeness (QED) is 0.373. The van der Waals surface area contributed by atoms with E-state index in [0.29, 0.717) is 17.6 Å². The minimum Gasteiger partial charge on any atom is -0.434 e. The highest BCUT2D eigenvalue weighted by Crippen LogP contribution is 2.25. The Kier molecular flexibility index (Phi) is 8.37. The number of guanidine groups is 1. The van der Waals surface area contributed by atoms with Crippen molar-refractivity contribution in [2.24, 2.45) is 10.7 Å². The van der Waals surface area contributed by atoms with Crippen LogP contribution in [0.1, 0.15) is 31.2 Å². The smallest absolute Gasteiger partial charge is 0.387 e. The Balaban J connectivity index is 0.00000242. The third-order valence-corrected chi connectivity index (χ3v) is 3.86. The predicted octanol–water partition coefficient (Wildman–Crippen LogP) is 4.02. The summed E-state index contributed by atoms with van der Waals surface area (Å²) in [4.78, 5) is 4.20. The number of aliphatic imine (C=N–C) groups is 1. The second-order valence-electron chi connectivity index (χ2n) is 4.96. The summed E-state index contributed by atoms with van der Waals surface area (Å²) in [7, 11) is 0. The summed E-state index contributed by atoms with van der Waals surface area (Å²) in [5.41, 5.74) is 6.39. The molecule has 1 aliphatic carbocycles. The average molecular weight is 490 g/mol. The van der Waals surface area contributed by atoms with Gasteiger partial charge in [-0.15, -0.1) is 24.0 Å². The van der Waals surface area contributed by atoms with Crippen molar-refractivity contribution in [3.8, 4) is 5.75 Å². The van der Waals surface area contributed by atoms with Crippen LogP contribution in [-0.2, 0) is 6.54 Å². The number of nitrogens with two attached hydrogens (primary N) is 1. The molecule has 3 N–H and O–H groups in total. The monoisotopic (exact) mass is 489 g/mol. The van der Waals surface area contributed by atoms with Gasteiger partial charge in [-0.1, -0.05) is 28.8 Å². The molecule has 0 aromatic heterocycles. The summed E-state index contributed by atoms with van der Waals surface area (Å²) >= 11 is 3.30. The van der Waals surface area contributed by atoms with E-state index in [-0.39, 0.29) is 36.3 Å². The number of halogens is 4. The van der Waals surface area contributed by atoms with Gasteiger partial charge in [0.15, 0.2) is 5.96 Å². The van der Waals surface area contributed by atoms with Crippen LogP contribution in [0.25, 0.3) is 0 Å². The number of rotatable bonds is 5. The largest absolute Gasteiger partial charge is 0.434 e. The maximum atomic E-state index is 12.4. The van der Waals surface area contributed by atoms with Crippen LogP contribution in [0.2, 0.25) is 0 Å². The lowest BCUT2D eigenvalue weighted by Crippen LogP contribution is -2.38. The average Bonchev–Trinajstić information content (AvgIpc) is 2.91. The molecule has 0 spiro atoms. The van der Waals surface area contributed by atoms with E-state index in [2.05, 4.69) is 31.0 Å². The highest BCUT2D eigenvalue weighted by Gasteiger charge is 2.15. The van der Waals surface area contributed by atoms with Gasteiger partial charge in [0, 0.05) is 16.1 Å². The summed E-state index contributed by atoms with van der Waals surface area (Å²) < 4.78 is 30.0. The lowest BCUT2D eigenvalue weighted by molar-refractivity contribution is -0.0504. The lowest BCUT2D eigenvalue weighted by Gasteiger charge is -2.13. The molecule has 0 heterocycles. The van der Waals surface area contributed by atoms with Gasteiger partial charge < -0.3 is 15.8 Å². The van der Waals surface area contributed by atoms with Gasteiger partial charge in [0.25, 0.3) is 0 Å². The fourth-order valence-corrected chi connectivity index (χ4v) is 2.79. The molecule has 2 rings (SSSR count). The molecule has 0 bridgehead atoms. The number of ether oxygens (including phenoxy) is 1. The van der Waals surface area contributed by atoms with E-state index < -0.39 is 6.61 Å². The first-order valence-electron chi connectivity index (χ1n) is 6.84. The number of hydrogen-bond acceptors (Lipinski definition) is 2. The van der Waals surface area contributed by atoms with Gasteiger partial charge in [-0.25, -0.2) is 4.99 Å². The van der Waals surface area contributed by atoms with Crippen molar-refractivity contribution < 1.29 is 13.5 Å². The van der Waals surface area contributed by atoms with Crippen LogP contribution in [0, 0.1) is 0 Å². The Labute approximate surface area is 154 Å². The molecule has 0 atom stereocenters. The van der Waals surface area contributed by atoms with Crippen molar-refractivity contribution in [2.45, 2.75) is 44.9 Å². The zero-order valence-electron chi connectivity index (χ0n) is 11.9. The van der Waals surface area contributed by atoms with E-state index >= 15 is 0 Å². The number of nitrogens with one attached hydrogen (secondary N) is 1. The second kappa shape index (κ2) is 9.49. The standard InChI is InChI=1S/C14H18BrF2N3O.HI/c15-10-5-6-12(21-13(16)17)9(7-10)8-19-14(18)20-11-3-1-2-4-11;/h5-7,11,13H,1-4,8H2,(H3,18,19,20);1H. The Hall–Kier alpha value is -0.640. The fraction of sp³-hybridized carbons (Fsp3) is 0.500. The molecule has 1 aromatic carbocycles. The summed E-state index contributed by atoms with van der Waals surface area (Å²) in [6.45, 7) is -2.67. The number of benzene rings is 1. The van der Waals surface area contributed by atoms with Gasteiger partial charge in [0.05, 0.1) is 6.54 Å².